The lowest BCUT2D eigenvalue weighted by molar-refractivity contribution is -0.386. The van der Waals surface area contributed by atoms with E-state index in [9.17, 15) is 14.5 Å². The summed E-state index contributed by atoms with van der Waals surface area (Å²) in [6.45, 7) is -0.0157. The Balaban J connectivity index is 2.17. The van der Waals surface area contributed by atoms with E-state index < -0.39 is 10.7 Å². The van der Waals surface area contributed by atoms with Crippen molar-refractivity contribution in [2.75, 3.05) is 0 Å². The lowest BCUT2D eigenvalue weighted by Crippen LogP contribution is -2.00. The summed E-state index contributed by atoms with van der Waals surface area (Å²) in [7, 11) is 1.68. The predicted octanol–water partition coefficient (Wildman–Crippen LogP) is 1.44. The monoisotopic (exact) mass is 252 g/mol. The van der Waals surface area contributed by atoms with E-state index in [0.29, 0.717) is 5.69 Å². The number of nitrogens with zero attached hydrogens (tertiary/aromatic N) is 4. The summed E-state index contributed by atoms with van der Waals surface area (Å²) < 4.78 is 19.7. The van der Waals surface area contributed by atoms with Crippen LogP contribution in [0.3, 0.4) is 0 Å². The lowest BCUT2D eigenvalue weighted by Gasteiger charge is -2.04. The normalized spacial score (nSPS) is 10.3. The van der Waals surface area contributed by atoms with Crippen LogP contribution in [0.1, 0.15) is 5.69 Å². The molecule has 1 aromatic heterocycles. The number of hydrogen-bond donors (Lipinski definition) is 0. The number of nitro groups is 1. The molecule has 0 aliphatic carbocycles. The zero-order chi connectivity index (χ0) is 13.1. The molecular formula is C10H9FN4O3. The number of benzene rings is 1. The molecule has 0 aliphatic rings. The molecule has 7 nitrogen and oxygen atoms in total. The molecule has 0 saturated carbocycles. The van der Waals surface area contributed by atoms with Crippen LogP contribution in [0, 0.1) is 15.9 Å². The molecule has 0 fully saturated rings. The Morgan fingerprint density at radius 2 is 2.33 bits per heavy atom. The molecule has 2 aromatic rings. The second kappa shape index (κ2) is 4.78. The standard InChI is InChI=1S/C10H9FN4O3/c1-14-5-8(12-13-14)6-18-10-4-7(11)2-3-9(10)15(16)17/h2-5H,6H2,1H3. The van der Waals surface area contributed by atoms with E-state index in [4.69, 9.17) is 4.74 Å². The number of aryl methyl sites for hydroxylation is 1. The van der Waals surface area contributed by atoms with Crippen LogP contribution < -0.4 is 4.74 Å². The first-order chi connectivity index (χ1) is 8.56. The molecule has 1 heterocycles. The maximum absolute atomic E-state index is 13.0. The number of rotatable bonds is 4. The minimum atomic E-state index is -0.633. The van der Waals surface area contributed by atoms with Crippen LogP contribution in [0.2, 0.25) is 0 Å². The molecule has 0 N–H and O–H groups in total. The van der Waals surface area contributed by atoms with Crippen molar-refractivity contribution in [3.63, 3.8) is 0 Å². The van der Waals surface area contributed by atoms with Gasteiger partial charge in [-0.25, -0.2) is 4.39 Å². The van der Waals surface area contributed by atoms with Gasteiger partial charge in [0.05, 0.1) is 11.1 Å². The largest absolute Gasteiger partial charge is 0.480 e. The Kier molecular flexibility index (Phi) is 3.18. The van der Waals surface area contributed by atoms with Gasteiger partial charge < -0.3 is 4.74 Å². The van der Waals surface area contributed by atoms with Crippen molar-refractivity contribution < 1.29 is 14.1 Å². The fourth-order valence-electron chi connectivity index (χ4n) is 1.37. The molecule has 1 aromatic carbocycles. The molecular weight excluding hydrogens is 243 g/mol. The average Bonchev–Trinajstić information content (AvgIpc) is 2.72. The minimum Gasteiger partial charge on any atom is -0.480 e. The summed E-state index contributed by atoms with van der Waals surface area (Å²) in [5.41, 5.74) is 0.205. The molecule has 0 radical (unpaired) electrons. The van der Waals surface area contributed by atoms with E-state index in [2.05, 4.69) is 10.3 Å². The van der Waals surface area contributed by atoms with Gasteiger partial charge in [-0.2, -0.15) is 0 Å². The minimum absolute atomic E-state index is 0.0157. The first-order valence-corrected chi connectivity index (χ1v) is 4.98. The molecule has 0 bridgehead atoms. The van der Waals surface area contributed by atoms with Crippen LogP contribution in [0.15, 0.2) is 24.4 Å². The van der Waals surface area contributed by atoms with Gasteiger partial charge in [0.2, 0.25) is 0 Å². The van der Waals surface area contributed by atoms with Crippen LogP contribution in [-0.4, -0.2) is 19.9 Å². The van der Waals surface area contributed by atoms with E-state index in [-0.39, 0.29) is 18.0 Å². The van der Waals surface area contributed by atoms with Gasteiger partial charge in [0.25, 0.3) is 0 Å². The van der Waals surface area contributed by atoms with Gasteiger partial charge in [0.15, 0.2) is 5.75 Å². The van der Waals surface area contributed by atoms with E-state index in [1.54, 1.807) is 13.2 Å². The highest BCUT2D eigenvalue weighted by atomic mass is 19.1. The van der Waals surface area contributed by atoms with Gasteiger partial charge in [0, 0.05) is 19.2 Å². The van der Waals surface area contributed by atoms with Crippen LogP contribution in [-0.2, 0) is 13.7 Å². The van der Waals surface area contributed by atoms with Gasteiger partial charge in [-0.1, -0.05) is 5.21 Å². The third-order valence-corrected chi connectivity index (χ3v) is 2.14. The van der Waals surface area contributed by atoms with Crippen LogP contribution in [0.25, 0.3) is 0 Å². The smallest absolute Gasteiger partial charge is 0.311 e. The van der Waals surface area contributed by atoms with Crippen molar-refractivity contribution in [1.29, 1.82) is 0 Å². The maximum atomic E-state index is 13.0. The van der Waals surface area contributed by atoms with E-state index in [0.717, 1.165) is 18.2 Å². The van der Waals surface area contributed by atoms with Gasteiger partial charge in [-0.05, 0) is 6.07 Å². The Morgan fingerprint density at radius 3 is 2.94 bits per heavy atom. The summed E-state index contributed by atoms with van der Waals surface area (Å²) in [5, 5.41) is 18.2. The number of halogens is 1. The van der Waals surface area contributed by atoms with Gasteiger partial charge in [-0.3, -0.25) is 14.8 Å². The predicted molar refractivity (Wildman–Crippen MR) is 58.4 cm³/mol. The van der Waals surface area contributed by atoms with Crippen molar-refractivity contribution >= 4 is 5.69 Å². The molecule has 0 unspecified atom stereocenters. The molecule has 0 atom stereocenters. The summed E-state index contributed by atoms with van der Waals surface area (Å²) in [4.78, 5) is 10.1. The van der Waals surface area contributed by atoms with Crippen molar-refractivity contribution in [3.8, 4) is 5.75 Å². The molecule has 0 spiro atoms. The molecule has 0 saturated heterocycles. The molecule has 8 heteroatoms. The average molecular weight is 252 g/mol. The third-order valence-electron chi connectivity index (χ3n) is 2.14. The fraction of sp³-hybridized carbons (Fsp3) is 0.200. The zero-order valence-corrected chi connectivity index (χ0v) is 9.41. The van der Waals surface area contributed by atoms with E-state index >= 15 is 0 Å². The highest BCUT2D eigenvalue weighted by Crippen LogP contribution is 2.27. The van der Waals surface area contributed by atoms with E-state index in [1.807, 2.05) is 0 Å². The van der Waals surface area contributed by atoms with Crippen LogP contribution in [0.5, 0.6) is 5.75 Å². The van der Waals surface area contributed by atoms with Crippen LogP contribution >= 0.6 is 0 Å². The highest BCUT2D eigenvalue weighted by molar-refractivity contribution is 5.46. The summed E-state index contributed by atoms with van der Waals surface area (Å²) in [6.07, 6.45) is 1.60. The van der Waals surface area contributed by atoms with Gasteiger partial charge >= 0.3 is 5.69 Å². The maximum Gasteiger partial charge on any atom is 0.311 e. The molecule has 94 valence electrons. The SMILES string of the molecule is Cn1cc(COc2cc(F)ccc2[N+](=O)[O-])nn1. The first-order valence-electron chi connectivity index (χ1n) is 4.98. The Morgan fingerprint density at radius 1 is 1.56 bits per heavy atom. The summed E-state index contributed by atoms with van der Waals surface area (Å²) >= 11 is 0. The van der Waals surface area contributed by atoms with Gasteiger partial charge in [-0.15, -0.1) is 5.10 Å². The van der Waals surface area contributed by atoms with Crippen molar-refractivity contribution in [2.45, 2.75) is 6.61 Å². The number of ether oxygens (including phenoxy) is 1. The number of hydrogen-bond acceptors (Lipinski definition) is 5. The van der Waals surface area contributed by atoms with Crippen molar-refractivity contribution in [2.24, 2.45) is 7.05 Å². The van der Waals surface area contributed by atoms with Gasteiger partial charge in [0.1, 0.15) is 18.1 Å². The molecule has 0 aliphatic heterocycles. The van der Waals surface area contributed by atoms with Crippen molar-refractivity contribution in [1.82, 2.24) is 15.0 Å². The number of nitro benzene ring substituents is 1. The summed E-state index contributed by atoms with van der Waals surface area (Å²) in [5.74, 6) is -0.736. The van der Waals surface area contributed by atoms with E-state index in [1.165, 1.54) is 4.68 Å². The van der Waals surface area contributed by atoms with Crippen LogP contribution in [0.4, 0.5) is 10.1 Å². The Labute approximate surface area is 101 Å². The molecule has 2 rings (SSSR count). The Hall–Kier alpha value is -2.51. The number of aromatic nitrogens is 3. The summed E-state index contributed by atoms with van der Waals surface area (Å²) in [6, 6.07) is 3.03. The second-order valence-corrected chi connectivity index (χ2v) is 3.54. The first kappa shape index (κ1) is 12.0. The lowest BCUT2D eigenvalue weighted by atomic mass is 10.3. The quantitative estimate of drug-likeness (QED) is 0.607. The topological polar surface area (TPSA) is 83.1 Å². The van der Waals surface area contributed by atoms with Crippen molar-refractivity contribution in [3.05, 3.63) is 46.0 Å². The zero-order valence-electron chi connectivity index (χ0n) is 9.41. The third kappa shape index (κ3) is 2.59. The second-order valence-electron chi connectivity index (χ2n) is 3.54. The molecule has 18 heavy (non-hydrogen) atoms. The highest BCUT2D eigenvalue weighted by Gasteiger charge is 2.16. The molecule has 0 amide bonds. The fourth-order valence-corrected chi connectivity index (χ4v) is 1.37. The Bertz CT molecular complexity index is 584.